The Morgan fingerprint density at radius 3 is 2.50 bits per heavy atom. The minimum atomic E-state index is -0.0715. The fourth-order valence-electron chi connectivity index (χ4n) is 1.63. The van der Waals surface area contributed by atoms with Crippen LogP contribution in [0.25, 0.3) is 0 Å². The van der Waals surface area contributed by atoms with Crippen LogP contribution in [-0.2, 0) is 4.74 Å². The number of nitrogens with zero attached hydrogens (tertiary/aromatic N) is 1. The van der Waals surface area contributed by atoms with E-state index in [1.807, 2.05) is 31.2 Å². The summed E-state index contributed by atoms with van der Waals surface area (Å²) in [6, 6.07) is 7.71. The third-order valence-corrected chi connectivity index (χ3v) is 2.65. The van der Waals surface area contributed by atoms with E-state index < -0.39 is 0 Å². The van der Waals surface area contributed by atoms with Crippen LogP contribution in [0.2, 0.25) is 0 Å². The van der Waals surface area contributed by atoms with Crippen molar-refractivity contribution in [1.29, 1.82) is 0 Å². The standard InChI is InChI=1S/C14H22N2O2/c1-4-9-16(10-11-18-3)14(17)15-13-7-5-12(2)6-8-13/h5-8H,4,9-11H2,1-3H3,(H,15,17). The Morgan fingerprint density at radius 1 is 1.28 bits per heavy atom. The van der Waals surface area contributed by atoms with E-state index in [-0.39, 0.29) is 6.03 Å². The molecule has 100 valence electrons. The highest BCUT2D eigenvalue weighted by atomic mass is 16.5. The lowest BCUT2D eigenvalue weighted by atomic mass is 10.2. The van der Waals surface area contributed by atoms with E-state index in [9.17, 15) is 4.79 Å². The summed E-state index contributed by atoms with van der Waals surface area (Å²) in [6.07, 6.45) is 0.936. The van der Waals surface area contributed by atoms with Gasteiger partial charge < -0.3 is 15.0 Å². The minimum Gasteiger partial charge on any atom is -0.383 e. The number of benzene rings is 1. The monoisotopic (exact) mass is 250 g/mol. The molecule has 0 aliphatic heterocycles. The van der Waals surface area contributed by atoms with Gasteiger partial charge in [-0.1, -0.05) is 24.6 Å². The van der Waals surface area contributed by atoms with Gasteiger partial charge in [-0.2, -0.15) is 0 Å². The lowest BCUT2D eigenvalue weighted by Crippen LogP contribution is -2.37. The van der Waals surface area contributed by atoms with Crippen molar-refractivity contribution in [3.05, 3.63) is 29.8 Å². The molecular weight excluding hydrogens is 228 g/mol. The number of hydrogen-bond acceptors (Lipinski definition) is 2. The van der Waals surface area contributed by atoms with Gasteiger partial charge in [-0.15, -0.1) is 0 Å². The maximum absolute atomic E-state index is 12.1. The van der Waals surface area contributed by atoms with Gasteiger partial charge in [0.15, 0.2) is 0 Å². The highest BCUT2D eigenvalue weighted by molar-refractivity contribution is 5.89. The summed E-state index contributed by atoms with van der Waals surface area (Å²) >= 11 is 0. The first kappa shape index (κ1) is 14.5. The summed E-state index contributed by atoms with van der Waals surface area (Å²) in [4.78, 5) is 13.8. The number of anilines is 1. The van der Waals surface area contributed by atoms with Crippen LogP contribution in [-0.4, -0.2) is 37.7 Å². The third-order valence-electron chi connectivity index (χ3n) is 2.65. The van der Waals surface area contributed by atoms with Gasteiger partial charge in [0, 0.05) is 25.9 Å². The molecular formula is C14H22N2O2. The second kappa shape index (κ2) is 7.71. The number of carbonyl (C=O) groups excluding carboxylic acids is 1. The molecule has 0 fully saturated rings. The molecule has 1 rings (SSSR count). The van der Waals surface area contributed by atoms with E-state index in [0.29, 0.717) is 13.2 Å². The third kappa shape index (κ3) is 4.75. The van der Waals surface area contributed by atoms with Crippen molar-refractivity contribution in [3.63, 3.8) is 0 Å². The molecule has 18 heavy (non-hydrogen) atoms. The minimum absolute atomic E-state index is 0.0715. The van der Waals surface area contributed by atoms with Crippen LogP contribution < -0.4 is 5.32 Å². The van der Waals surface area contributed by atoms with E-state index in [4.69, 9.17) is 4.74 Å². The predicted molar refractivity (Wildman–Crippen MR) is 73.9 cm³/mol. The molecule has 0 radical (unpaired) electrons. The van der Waals surface area contributed by atoms with Gasteiger partial charge in [-0.25, -0.2) is 4.79 Å². The van der Waals surface area contributed by atoms with Gasteiger partial charge in [-0.05, 0) is 25.5 Å². The van der Waals surface area contributed by atoms with Crippen molar-refractivity contribution in [2.45, 2.75) is 20.3 Å². The number of hydrogen-bond donors (Lipinski definition) is 1. The molecule has 1 aromatic carbocycles. The summed E-state index contributed by atoms with van der Waals surface area (Å²) in [7, 11) is 1.64. The second-order valence-corrected chi connectivity index (χ2v) is 4.28. The Labute approximate surface area is 109 Å². The maximum atomic E-state index is 12.1. The molecule has 0 aromatic heterocycles. The van der Waals surface area contributed by atoms with Crippen LogP contribution in [0.15, 0.2) is 24.3 Å². The second-order valence-electron chi connectivity index (χ2n) is 4.28. The quantitative estimate of drug-likeness (QED) is 0.843. The molecule has 0 saturated heterocycles. The van der Waals surface area contributed by atoms with Crippen molar-refractivity contribution < 1.29 is 9.53 Å². The Hall–Kier alpha value is -1.55. The van der Waals surface area contributed by atoms with E-state index in [0.717, 1.165) is 18.7 Å². The average Bonchev–Trinajstić information content (AvgIpc) is 2.37. The predicted octanol–water partition coefficient (Wildman–Crippen LogP) is 2.89. The van der Waals surface area contributed by atoms with E-state index in [1.165, 1.54) is 5.56 Å². The summed E-state index contributed by atoms with van der Waals surface area (Å²) < 4.78 is 5.01. The summed E-state index contributed by atoms with van der Waals surface area (Å²) in [5, 5.41) is 2.89. The normalized spacial score (nSPS) is 10.2. The molecule has 0 aliphatic rings. The zero-order chi connectivity index (χ0) is 13.4. The van der Waals surface area contributed by atoms with Gasteiger partial charge in [0.2, 0.25) is 0 Å². The molecule has 0 bridgehead atoms. The number of urea groups is 1. The van der Waals surface area contributed by atoms with Crippen molar-refractivity contribution in [1.82, 2.24) is 4.90 Å². The Bertz CT molecular complexity index is 363. The molecule has 4 nitrogen and oxygen atoms in total. The number of carbonyl (C=O) groups is 1. The molecule has 0 aliphatic carbocycles. The zero-order valence-electron chi connectivity index (χ0n) is 11.4. The first-order valence-electron chi connectivity index (χ1n) is 6.29. The molecule has 0 spiro atoms. The lowest BCUT2D eigenvalue weighted by molar-refractivity contribution is 0.155. The lowest BCUT2D eigenvalue weighted by Gasteiger charge is -2.22. The number of nitrogens with one attached hydrogen (secondary N) is 1. The van der Waals surface area contributed by atoms with Crippen molar-refractivity contribution in [2.75, 3.05) is 32.1 Å². The number of aryl methyl sites for hydroxylation is 1. The molecule has 0 atom stereocenters. The van der Waals surface area contributed by atoms with Crippen molar-refractivity contribution >= 4 is 11.7 Å². The first-order valence-corrected chi connectivity index (χ1v) is 6.29. The van der Waals surface area contributed by atoms with Gasteiger partial charge in [0.25, 0.3) is 0 Å². The number of rotatable bonds is 6. The Morgan fingerprint density at radius 2 is 1.94 bits per heavy atom. The van der Waals surface area contributed by atoms with Gasteiger partial charge in [0.1, 0.15) is 0 Å². The summed E-state index contributed by atoms with van der Waals surface area (Å²) in [5.41, 5.74) is 2.00. The fourth-order valence-corrected chi connectivity index (χ4v) is 1.63. The fraction of sp³-hybridized carbons (Fsp3) is 0.500. The topological polar surface area (TPSA) is 41.6 Å². The van der Waals surface area contributed by atoms with Crippen LogP contribution >= 0.6 is 0 Å². The smallest absolute Gasteiger partial charge is 0.321 e. The molecule has 0 unspecified atom stereocenters. The molecule has 0 heterocycles. The molecule has 1 N–H and O–H groups in total. The van der Waals surface area contributed by atoms with Gasteiger partial charge in [0.05, 0.1) is 6.61 Å². The van der Waals surface area contributed by atoms with E-state index >= 15 is 0 Å². The van der Waals surface area contributed by atoms with E-state index in [1.54, 1.807) is 12.0 Å². The highest BCUT2D eigenvalue weighted by Crippen LogP contribution is 2.09. The van der Waals surface area contributed by atoms with Crippen molar-refractivity contribution in [3.8, 4) is 0 Å². The molecule has 0 saturated carbocycles. The van der Waals surface area contributed by atoms with Crippen LogP contribution in [0, 0.1) is 6.92 Å². The Balaban J connectivity index is 2.57. The maximum Gasteiger partial charge on any atom is 0.321 e. The number of methoxy groups -OCH3 is 1. The largest absolute Gasteiger partial charge is 0.383 e. The highest BCUT2D eigenvalue weighted by Gasteiger charge is 2.11. The molecule has 2 amide bonds. The molecule has 4 heteroatoms. The first-order chi connectivity index (χ1) is 8.67. The van der Waals surface area contributed by atoms with Crippen LogP contribution in [0.3, 0.4) is 0 Å². The summed E-state index contributed by atoms with van der Waals surface area (Å²) in [6.45, 7) is 5.98. The van der Waals surface area contributed by atoms with Crippen LogP contribution in [0.1, 0.15) is 18.9 Å². The SMILES string of the molecule is CCCN(CCOC)C(=O)Nc1ccc(C)cc1. The van der Waals surface area contributed by atoms with Gasteiger partial charge >= 0.3 is 6.03 Å². The van der Waals surface area contributed by atoms with Gasteiger partial charge in [-0.3, -0.25) is 0 Å². The van der Waals surface area contributed by atoms with Crippen LogP contribution in [0.4, 0.5) is 10.5 Å². The number of ether oxygens (including phenoxy) is 1. The summed E-state index contributed by atoms with van der Waals surface area (Å²) in [5.74, 6) is 0. The molecule has 1 aromatic rings. The van der Waals surface area contributed by atoms with Crippen LogP contribution in [0.5, 0.6) is 0 Å². The average molecular weight is 250 g/mol. The zero-order valence-corrected chi connectivity index (χ0v) is 11.4. The number of amides is 2. The van der Waals surface area contributed by atoms with E-state index in [2.05, 4.69) is 12.2 Å². The Kier molecular flexibility index (Phi) is 6.22. The van der Waals surface area contributed by atoms with Crippen molar-refractivity contribution in [2.24, 2.45) is 0 Å².